The lowest BCUT2D eigenvalue weighted by Crippen LogP contribution is -2.38. The molecule has 57 heavy (non-hydrogen) atoms. The van der Waals surface area contributed by atoms with Crippen LogP contribution in [0.15, 0.2) is 53.3 Å². The van der Waals surface area contributed by atoms with Gasteiger partial charge < -0.3 is 10.1 Å². The maximum atomic E-state index is 15.4. The van der Waals surface area contributed by atoms with Crippen molar-refractivity contribution in [3.63, 3.8) is 0 Å². The quantitative estimate of drug-likeness (QED) is 0.150. The summed E-state index contributed by atoms with van der Waals surface area (Å²) in [6, 6.07) is 8.18. The number of amides is 1. The predicted molar refractivity (Wildman–Crippen MR) is 195 cm³/mol. The molecule has 8 rings (SSSR count). The lowest BCUT2D eigenvalue weighted by atomic mass is 10.0. The first kappa shape index (κ1) is 38.3. The molecule has 0 saturated heterocycles. The summed E-state index contributed by atoms with van der Waals surface area (Å²) < 4.78 is 123. The highest BCUT2D eigenvalue weighted by atomic mass is 35.5. The number of ether oxygens (including phenoxy) is 1. The average Bonchev–Trinajstić information content (AvgIpc) is 3.66. The number of carbonyl (C=O) groups excluding carboxylic acids is 1. The molecule has 1 unspecified atom stereocenters. The number of methoxy groups -OCH3 is 1. The molecule has 2 aliphatic carbocycles. The van der Waals surface area contributed by atoms with Crippen molar-refractivity contribution in [3.05, 3.63) is 104 Å². The number of nitrogens with zero attached hydrogens (tertiary/aromatic N) is 6. The molecule has 13 nitrogen and oxygen atoms in total. The van der Waals surface area contributed by atoms with Crippen molar-refractivity contribution >= 4 is 55.2 Å². The predicted octanol–water partition coefficient (Wildman–Crippen LogP) is 6.03. The number of anilines is 1. The summed E-state index contributed by atoms with van der Waals surface area (Å²) in [6.07, 6.45) is -2.75. The fourth-order valence-corrected chi connectivity index (χ4v) is 8.42. The van der Waals surface area contributed by atoms with Gasteiger partial charge in [-0.3, -0.25) is 28.2 Å². The first-order chi connectivity index (χ1) is 26.9. The topological polar surface area (TPSA) is 155 Å². The van der Waals surface area contributed by atoms with E-state index in [0.717, 1.165) is 23.0 Å². The van der Waals surface area contributed by atoms with Crippen molar-refractivity contribution in [1.29, 1.82) is 0 Å². The van der Waals surface area contributed by atoms with E-state index in [0.29, 0.717) is 10.7 Å². The Morgan fingerprint density at radius 1 is 1.09 bits per heavy atom. The Labute approximate surface area is 323 Å². The van der Waals surface area contributed by atoms with Crippen LogP contribution in [0.25, 0.3) is 27.5 Å². The lowest BCUT2D eigenvalue weighted by Gasteiger charge is -2.24. The SMILES string of the molecule is COc1ccc2c(=O)n(-c3ccc(Cl)c4c(NS(C)(=O)=O)nn(C)c34)c(C(Cc3cc(F)cc(F)c3)NC(=O)Cn3nc(C(F)F)c4c3C(F)(F)[C@@H]3C[C@H]43)nc2c1. The zero-order valence-corrected chi connectivity index (χ0v) is 31.4. The van der Waals surface area contributed by atoms with Crippen molar-refractivity contribution in [2.75, 3.05) is 18.1 Å². The van der Waals surface area contributed by atoms with Gasteiger partial charge in [0.05, 0.1) is 51.9 Å². The number of rotatable bonds is 11. The monoisotopic (exact) mass is 834 g/mol. The molecule has 3 heterocycles. The molecular weight excluding hydrogens is 806 g/mol. The third kappa shape index (κ3) is 6.63. The number of hydrogen-bond acceptors (Lipinski definition) is 8. The highest BCUT2D eigenvalue weighted by Crippen LogP contribution is 2.68. The zero-order chi connectivity index (χ0) is 40.9. The Balaban J connectivity index is 1.33. The van der Waals surface area contributed by atoms with Crippen molar-refractivity contribution < 1.29 is 44.3 Å². The van der Waals surface area contributed by atoms with Crippen molar-refractivity contribution in [3.8, 4) is 11.4 Å². The van der Waals surface area contributed by atoms with E-state index < -0.39 is 87.7 Å². The minimum Gasteiger partial charge on any atom is -0.497 e. The number of aryl methyl sites for hydroxylation is 1. The molecule has 0 radical (unpaired) electrons. The number of halogens is 7. The summed E-state index contributed by atoms with van der Waals surface area (Å²) >= 11 is 6.57. The molecule has 0 spiro atoms. The normalized spacial score (nSPS) is 17.5. The number of alkyl halides is 4. The highest BCUT2D eigenvalue weighted by Gasteiger charge is 2.67. The Kier molecular flexibility index (Phi) is 9.06. The first-order valence-corrected chi connectivity index (χ1v) is 19.4. The second kappa shape index (κ2) is 13.5. The molecule has 1 saturated carbocycles. The van der Waals surface area contributed by atoms with E-state index in [1.165, 1.54) is 49.2 Å². The minimum atomic E-state index is -3.89. The summed E-state index contributed by atoms with van der Waals surface area (Å²) in [5.74, 6) is -8.71. The van der Waals surface area contributed by atoms with E-state index >= 15 is 8.78 Å². The van der Waals surface area contributed by atoms with Crippen LogP contribution in [-0.4, -0.2) is 56.8 Å². The van der Waals surface area contributed by atoms with E-state index in [1.54, 1.807) is 0 Å². The van der Waals surface area contributed by atoms with Crippen LogP contribution < -0.4 is 20.3 Å². The van der Waals surface area contributed by atoms with Gasteiger partial charge >= 0.3 is 0 Å². The van der Waals surface area contributed by atoms with Gasteiger partial charge in [0, 0.05) is 37.1 Å². The summed E-state index contributed by atoms with van der Waals surface area (Å²) in [5.41, 5.74) is -2.51. The number of nitrogens with one attached hydrogen (secondary N) is 2. The smallest absolute Gasteiger partial charge is 0.293 e. The molecular formula is C36H29ClF6N8O5S. The second-order valence-corrected chi connectivity index (χ2v) is 16.1. The fourth-order valence-electron chi connectivity index (χ4n) is 7.69. The molecule has 3 aromatic heterocycles. The maximum Gasteiger partial charge on any atom is 0.293 e. The van der Waals surface area contributed by atoms with E-state index in [-0.39, 0.29) is 67.5 Å². The van der Waals surface area contributed by atoms with Gasteiger partial charge in [-0.1, -0.05) is 11.6 Å². The van der Waals surface area contributed by atoms with Crippen LogP contribution in [0.1, 0.15) is 53.1 Å². The number of aromatic nitrogens is 6. The van der Waals surface area contributed by atoms with Crippen LogP contribution >= 0.6 is 11.6 Å². The van der Waals surface area contributed by atoms with Gasteiger partial charge in [-0.2, -0.15) is 19.0 Å². The van der Waals surface area contributed by atoms with E-state index in [4.69, 9.17) is 21.3 Å². The third-order valence-electron chi connectivity index (χ3n) is 10.0. The summed E-state index contributed by atoms with van der Waals surface area (Å²) in [6.45, 7) is -0.975. The summed E-state index contributed by atoms with van der Waals surface area (Å²) in [7, 11) is -1.07. The van der Waals surface area contributed by atoms with Crippen LogP contribution in [0, 0.1) is 17.6 Å². The van der Waals surface area contributed by atoms with Gasteiger partial charge in [-0.05, 0) is 54.3 Å². The van der Waals surface area contributed by atoms with Crippen LogP contribution in [0.5, 0.6) is 5.75 Å². The molecule has 3 aromatic carbocycles. The standard InChI is InChI=1S/C36H29ClF6N8O5S/c1-49-30-25(7-6-22(37)28(30)33(47-49)48-57(3,54)55)51-34(45-23-12-18(56-2)4-5-19(23)35(51)53)24(10-15-8-16(38)11-17(39)9-15)44-26(52)14-50-31-27(29(46-50)32(40)41)20-13-21(20)36(31,42)43/h4-9,11-12,20-21,24,32H,10,13-14H2,1-3H3,(H,44,52)(H,47,48)/t20-,21+,24?/m0/s1. The van der Waals surface area contributed by atoms with Crippen LogP contribution in [-0.2, 0) is 40.8 Å². The van der Waals surface area contributed by atoms with Crippen LogP contribution in [0.4, 0.5) is 32.2 Å². The van der Waals surface area contributed by atoms with Crippen LogP contribution in [0.3, 0.4) is 0 Å². The Hall–Kier alpha value is -5.63. The number of benzene rings is 3. The van der Waals surface area contributed by atoms with Crippen LogP contribution in [0.2, 0.25) is 5.02 Å². The van der Waals surface area contributed by atoms with Gasteiger partial charge in [-0.25, -0.2) is 31.0 Å². The van der Waals surface area contributed by atoms with Gasteiger partial charge in [-0.15, -0.1) is 0 Å². The Morgan fingerprint density at radius 2 is 1.81 bits per heavy atom. The molecule has 21 heteroatoms. The first-order valence-electron chi connectivity index (χ1n) is 17.1. The summed E-state index contributed by atoms with van der Waals surface area (Å²) in [4.78, 5) is 33.4. The lowest BCUT2D eigenvalue weighted by molar-refractivity contribution is -0.123. The highest BCUT2D eigenvalue weighted by molar-refractivity contribution is 7.92. The Bertz CT molecular complexity index is 2830. The number of sulfonamides is 1. The van der Waals surface area contributed by atoms with Gasteiger partial charge in [0.25, 0.3) is 17.9 Å². The average molecular weight is 835 g/mol. The molecule has 1 amide bonds. The Morgan fingerprint density at radius 3 is 2.47 bits per heavy atom. The molecule has 298 valence electrons. The fraction of sp³-hybridized carbons (Fsp3) is 0.306. The van der Waals surface area contributed by atoms with Crippen molar-refractivity contribution in [1.82, 2.24) is 34.4 Å². The molecule has 2 N–H and O–H groups in total. The second-order valence-electron chi connectivity index (χ2n) is 13.9. The summed E-state index contributed by atoms with van der Waals surface area (Å²) in [5, 5.41) is 10.8. The van der Waals surface area contributed by atoms with Gasteiger partial charge in [0.15, 0.2) is 5.82 Å². The molecule has 3 atom stereocenters. The number of carbonyl (C=O) groups is 1. The largest absolute Gasteiger partial charge is 0.497 e. The number of fused-ring (bicyclic) bond motifs is 5. The minimum absolute atomic E-state index is 0.000265. The van der Waals surface area contributed by atoms with E-state index in [9.17, 15) is 35.6 Å². The number of hydrogen-bond donors (Lipinski definition) is 2. The van der Waals surface area contributed by atoms with E-state index in [1.807, 2.05) is 0 Å². The molecule has 2 aliphatic rings. The molecule has 0 bridgehead atoms. The third-order valence-corrected chi connectivity index (χ3v) is 10.9. The van der Waals surface area contributed by atoms with Gasteiger partial charge in [0.2, 0.25) is 15.9 Å². The molecule has 0 aliphatic heterocycles. The van der Waals surface area contributed by atoms with Gasteiger partial charge in [0.1, 0.15) is 41.1 Å². The zero-order valence-electron chi connectivity index (χ0n) is 29.8. The maximum absolute atomic E-state index is 15.4. The van der Waals surface area contributed by atoms with Crippen molar-refractivity contribution in [2.24, 2.45) is 13.0 Å². The molecule has 6 aromatic rings. The van der Waals surface area contributed by atoms with E-state index in [2.05, 4.69) is 20.2 Å². The van der Waals surface area contributed by atoms with Crippen molar-refractivity contribution in [2.45, 2.75) is 43.7 Å². The molecule has 1 fully saturated rings.